The van der Waals surface area contributed by atoms with Crippen molar-refractivity contribution in [3.05, 3.63) is 35.4 Å². The van der Waals surface area contributed by atoms with E-state index in [-0.39, 0.29) is 17.9 Å². The number of nitrogens with one attached hydrogen (secondary N) is 1. The highest BCUT2D eigenvalue weighted by Gasteiger charge is 2.11. The van der Waals surface area contributed by atoms with Crippen LogP contribution in [0.4, 0.5) is 8.78 Å². The van der Waals surface area contributed by atoms with E-state index in [1.165, 1.54) is 6.07 Å². The van der Waals surface area contributed by atoms with Crippen LogP contribution in [0.3, 0.4) is 0 Å². The van der Waals surface area contributed by atoms with Crippen molar-refractivity contribution in [2.75, 3.05) is 33.7 Å². The van der Waals surface area contributed by atoms with Gasteiger partial charge in [-0.25, -0.2) is 8.78 Å². The van der Waals surface area contributed by atoms with E-state index in [1.807, 2.05) is 19.0 Å². The molecule has 0 saturated heterocycles. The van der Waals surface area contributed by atoms with Gasteiger partial charge in [0.25, 0.3) is 0 Å². The van der Waals surface area contributed by atoms with Crippen LogP contribution >= 0.6 is 0 Å². The third kappa shape index (κ3) is 4.50. The number of benzene rings is 1. The van der Waals surface area contributed by atoms with Crippen LogP contribution in [0.25, 0.3) is 0 Å². The summed E-state index contributed by atoms with van der Waals surface area (Å²) in [5.74, 6) is -2.13. The van der Waals surface area contributed by atoms with E-state index in [0.717, 1.165) is 31.6 Å². The molecule has 0 aliphatic heterocycles. The summed E-state index contributed by atoms with van der Waals surface area (Å²) in [5, 5.41) is 3.02. The molecule has 1 aromatic carbocycles. The number of carbonyl (C=O) groups excluding carboxylic acids is 1. The number of hydrogen-bond donors (Lipinski definition) is 1. The third-order valence-corrected chi connectivity index (χ3v) is 2.62. The van der Waals surface area contributed by atoms with E-state index < -0.39 is 11.6 Å². The number of ketones is 1. The lowest BCUT2D eigenvalue weighted by atomic mass is 10.1. The van der Waals surface area contributed by atoms with E-state index in [9.17, 15) is 13.6 Å². The quantitative estimate of drug-likeness (QED) is 0.595. The van der Waals surface area contributed by atoms with Crippen LogP contribution in [0.1, 0.15) is 16.8 Å². The Morgan fingerprint density at radius 3 is 2.67 bits per heavy atom. The topological polar surface area (TPSA) is 32.3 Å². The predicted molar refractivity (Wildman–Crippen MR) is 66.7 cm³/mol. The van der Waals surface area contributed by atoms with E-state index >= 15 is 0 Å². The molecule has 1 rings (SSSR count). The molecule has 0 amide bonds. The van der Waals surface area contributed by atoms with Crippen LogP contribution < -0.4 is 5.32 Å². The molecule has 0 spiro atoms. The van der Waals surface area contributed by atoms with E-state index in [1.54, 1.807) is 0 Å². The van der Waals surface area contributed by atoms with Gasteiger partial charge < -0.3 is 5.32 Å². The second-order valence-electron chi connectivity index (χ2n) is 4.25. The molecule has 0 aliphatic rings. The number of Topliss-reactive ketones (excluding diaryl/α,β-unsaturated/α-hetero) is 1. The summed E-state index contributed by atoms with van der Waals surface area (Å²) < 4.78 is 25.7. The van der Waals surface area contributed by atoms with Crippen molar-refractivity contribution in [1.29, 1.82) is 0 Å². The van der Waals surface area contributed by atoms with Crippen molar-refractivity contribution in [3.63, 3.8) is 0 Å². The summed E-state index contributed by atoms with van der Waals surface area (Å²) in [6.45, 7) is 1.86. The summed E-state index contributed by atoms with van der Waals surface area (Å²) in [5.41, 5.74) is 0.203. The lowest BCUT2D eigenvalue weighted by Gasteiger charge is -2.15. The van der Waals surface area contributed by atoms with Crippen molar-refractivity contribution in [2.24, 2.45) is 0 Å². The second-order valence-corrected chi connectivity index (χ2v) is 4.25. The molecule has 3 nitrogen and oxygen atoms in total. The first kappa shape index (κ1) is 14.7. The van der Waals surface area contributed by atoms with Gasteiger partial charge in [-0.15, -0.1) is 0 Å². The molecule has 0 unspecified atom stereocenters. The third-order valence-electron chi connectivity index (χ3n) is 2.62. The minimum Gasteiger partial charge on any atom is -0.320 e. The molecule has 18 heavy (non-hydrogen) atoms. The largest absolute Gasteiger partial charge is 0.320 e. The fraction of sp³-hybridized carbons (Fsp3) is 0.462. The van der Waals surface area contributed by atoms with Gasteiger partial charge >= 0.3 is 0 Å². The van der Waals surface area contributed by atoms with Crippen molar-refractivity contribution in [2.45, 2.75) is 6.42 Å². The molecule has 100 valence electrons. The smallest absolute Gasteiger partial charge is 0.176 e. The zero-order valence-electron chi connectivity index (χ0n) is 10.7. The van der Waals surface area contributed by atoms with Crippen LogP contribution in [-0.4, -0.2) is 44.4 Å². The Morgan fingerprint density at radius 2 is 2.06 bits per heavy atom. The van der Waals surface area contributed by atoms with Gasteiger partial charge in [0, 0.05) is 5.56 Å². The van der Waals surface area contributed by atoms with Gasteiger partial charge in [-0.05, 0) is 51.8 Å². The molecule has 0 saturated carbocycles. The standard InChI is InChI=1S/C13H18F2N2O/c1-16-6-3-7-17(2)9-13(18)10-4-5-11(14)12(15)8-10/h4-5,8,16H,3,6-7,9H2,1-2H3. The van der Waals surface area contributed by atoms with Gasteiger partial charge in [0.1, 0.15) is 0 Å². The Morgan fingerprint density at radius 1 is 1.33 bits per heavy atom. The molecular formula is C13H18F2N2O. The molecule has 1 N–H and O–H groups in total. The zero-order valence-corrected chi connectivity index (χ0v) is 10.7. The van der Waals surface area contributed by atoms with Gasteiger partial charge in [-0.3, -0.25) is 9.69 Å². The Labute approximate surface area is 106 Å². The zero-order chi connectivity index (χ0) is 13.5. The molecule has 0 fully saturated rings. The Bertz CT molecular complexity index is 410. The lowest BCUT2D eigenvalue weighted by molar-refractivity contribution is 0.0945. The van der Waals surface area contributed by atoms with Crippen LogP contribution in [0.5, 0.6) is 0 Å². The number of carbonyl (C=O) groups is 1. The maximum atomic E-state index is 13.0. The summed E-state index contributed by atoms with van der Waals surface area (Å²) in [6, 6.07) is 3.23. The number of likely N-dealkylation sites (N-methyl/N-ethyl adjacent to an activating group) is 1. The molecular weight excluding hydrogens is 238 g/mol. The number of nitrogens with zero attached hydrogens (tertiary/aromatic N) is 1. The fourth-order valence-corrected chi connectivity index (χ4v) is 1.61. The van der Waals surface area contributed by atoms with Gasteiger partial charge in [-0.1, -0.05) is 0 Å². The molecule has 5 heteroatoms. The van der Waals surface area contributed by atoms with Crippen molar-refractivity contribution >= 4 is 5.78 Å². The highest BCUT2D eigenvalue weighted by Crippen LogP contribution is 2.09. The van der Waals surface area contributed by atoms with Crippen LogP contribution in [0.2, 0.25) is 0 Å². The van der Waals surface area contributed by atoms with Gasteiger partial charge in [-0.2, -0.15) is 0 Å². The molecule has 0 radical (unpaired) electrons. The van der Waals surface area contributed by atoms with Crippen molar-refractivity contribution in [3.8, 4) is 0 Å². The first-order chi connectivity index (χ1) is 8.54. The SMILES string of the molecule is CNCCCN(C)CC(=O)c1ccc(F)c(F)c1. The normalized spacial score (nSPS) is 10.9. The first-order valence-corrected chi connectivity index (χ1v) is 5.86. The van der Waals surface area contributed by atoms with E-state index in [0.29, 0.717) is 0 Å². The van der Waals surface area contributed by atoms with Crippen molar-refractivity contribution < 1.29 is 13.6 Å². The minimum absolute atomic E-state index is 0.203. The van der Waals surface area contributed by atoms with Crippen LogP contribution in [-0.2, 0) is 0 Å². The maximum Gasteiger partial charge on any atom is 0.176 e. The second kappa shape index (κ2) is 7.18. The lowest BCUT2D eigenvalue weighted by Crippen LogP contribution is -2.28. The van der Waals surface area contributed by atoms with E-state index in [2.05, 4.69) is 5.32 Å². The first-order valence-electron chi connectivity index (χ1n) is 5.86. The van der Waals surface area contributed by atoms with Crippen LogP contribution in [0.15, 0.2) is 18.2 Å². The molecule has 0 aromatic heterocycles. The summed E-state index contributed by atoms with van der Waals surface area (Å²) >= 11 is 0. The minimum atomic E-state index is -0.987. The highest BCUT2D eigenvalue weighted by atomic mass is 19.2. The number of hydrogen-bond acceptors (Lipinski definition) is 3. The summed E-state index contributed by atoms with van der Waals surface area (Å²) in [4.78, 5) is 13.7. The monoisotopic (exact) mass is 256 g/mol. The van der Waals surface area contributed by atoms with Gasteiger partial charge in [0.2, 0.25) is 0 Å². The van der Waals surface area contributed by atoms with Crippen LogP contribution in [0, 0.1) is 11.6 Å². The molecule has 0 bridgehead atoms. The summed E-state index contributed by atoms with van der Waals surface area (Å²) in [7, 11) is 3.69. The average molecular weight is 256 g/mol. The highest BCUT2D eigenvalue weighted by molar-refractivity contribution is 5.97. The van der Waals surface area contributed by atoms with Crippen molar-refractivity contribution in [1.82, 2.24) is 10.2 Å². The fourth-order valence-electron chi connectivity index (χ4n) is 1.61. The molecule has 0 aliphatic carbocycles. The molecule has 0 atom stereocenters. The van der Waals surface area contributed by atoms with Gasteiger partial charge in [0.15, 0.2) is 17.4 Å². The maximum absolute atomic E-state index is 13.0. The predicted octanol–water partition coefficient (Wildman–Crippen LogP) is 1.69. The van der Waals surface area contributed by atoms with E-state index in [4.69, 9.17) is 0 Å². The molecule has 1 aromatic rings. The number of rotatable bonds is 7. The summed E-state index contributed by atoms with van der Waals surface area (Å²) in [6.07, 6.45) is 0.929. The Hall–Kier alpha value is -1.33. The Balaban J connectivity index is 2.51. The average Bonchev–Trinajstić information content (AvgIpc) is 2.33. The number of halogens is 2. The molecule has 0 heterocycles. The Kier molecular flexibility index (Phi) is 5.88. The van der Waals surface area contributed by atoms with Gasteiger partial charge in [0.05, 0.1) is 6.54 Å².